The van der Waals surface area contributed by atoms with Gasteiger partial charge in [0.15, 0.2) is 0 Å². The molecular formula is C11H18FN3OS. The summed E-state index contributed by atoms with van der Waals surface area (Å²) in [4.78, 5) is 3.73. The Hall–Kier alpha value is -0.850. The molecule has 0 aromatic carbocycles. The van der Waals surface area contributed by atoms with E-state index in [1.54, 1.807) is 6.92 Å². The summed E-state index contributed by atoms with van der Waals surface area (Å²) in [6.07, 6.45) is 1.06. The van der Waals surface area contributed by atoms with Crippen molar-refractivity contribution in [3.8, 4) is 0 Å². The topological polar surface area (TPSA) is 74.0 Å². The molecule has 1 rings (SSSR count). The highest BCUT2D eigenvalue weighted by Gasteiger charge is 2.29. The van der Waals surface area contributed by atoms with E-state index in [-0.39, 0.29) is 16.6 Å². The van der Waals surface area contributed by atoms with Gasteiger partial charge in [-0.05, 0) is 33.8 Å². The number of nitrogens with one attached hydrogen (secondary N) is 1. The number of halogens is 1. The van der Waals surface area contributed by atoms with Crippen molar-refractivity contribution >= 4 is 17.2 Å². The minimum Gasteiger partial charge on any atom is -0.598 e. The molecule has 1 unspecified atom stereocenters. The molecule has 2 atom stereocenters. The zero-order valence-corrected chi connectivity index (χ0v) is 11.3. The normalized spacial score (nSPS) is 15.6. The van der Waals surface area contributed by atoms with Crippen LogP contribution >= 0.6 is 0 Å². The molecule has 96 valence electrons. The Labute approximate surface area is 104 Å². The summed E-state index contributed by atoms with van der Waals surface area (Å²) in [6, 6.07) is 0.984. The molecule has 0 saturated heterocycles. The first-order valence-electron chi connectivity index (χ1n) is 5.31. The second-order valence-electron chi connectivity index (χ2n) is 4.85. The van der Waals surface area contributed by atoms with Crippen LogP contribution in [-0.2, 0) is 11.4 Å². The number of aromatic nitrogens is 1. The van der Waals surface area contributed by atoms with Gasteiger partial charge in [-0.2, -0.15) is 0 Å². The van der Waals surface area contributed by atoms with E-state index in [4.69, 9.17) is 5.73 Å². The Morgan fingerprint density at radius 3 is 2.65 bits per heavy atom. The van der Waals surface area contributed by atoms with Crippen LogP contribution in [0.15, 0.2) is 12.3 Å². The standard InChI is InChI=1S/C11H18FN3OS/c1-7(15-17(16)11(2,3)4)9-5-8(12)6-14-10(9)13/h5-7,15H,1-4H3,(H2,13,14)/t7-,17?/m1/s1. The number of rotatable bonds is 3. The predicted molar refractivity (Wildman–Crippen MR) is 68.1 cm³/mol. The van der Waals surface area contributed by atoms with Crippen molar-refractivity contribution in [2.24, 2.45) is 0 Å². The van der Waals surface area contributed by atoms with Crippen molar-refractivity contribution < 1.29 is 8.94 Å². The summed E-state index contributed by atoms with van der Waals surface area (Å²) in [6.45, 7) is 7.35. The lowest BCUT2D eigenvalue weighted by molar-refractivity contribution is 0.530. The van der Waals surface area contributed by atoms with E-state index < -0.39 is 17.2 Å². The van der Waals surface area contributed by atoms with E-state index in [2.05, 4.69) is 9.71 Å². The maximum atomic E-state index is 13.1. The van der Waals surface area contributed by atoms with Crippen LogP contribution in [-0.4, -0.2) is 14.3 Å². The summed E-state index contributed by atoms with van der Waals surface area (Å²) < 4.78 is 27.5. The van der Waals surface area contributed by atoms with E-state index >= 15 is 0 Å². The molecular weight excluding hydrogens is 241 g/mol. The van der Waals surface area contributed by atoms with E-state index in [0.29, 0.717) is 5.56 Å². The average Bonchev–Trinajstić information content (AvgIpc) is 2.20. The van der Waals surface area contributed by atoms with Gasteiger partial charge in [0.05, 0.1) is 12.2 Å². The SMILES string of the molecule is C[C@@H](N[S+]([O-])C(C)(C)C)c1cc(F)cnc1N. The van der Waals surface area contributed by atoms with Crippen molar-refractivity contribution in [3.05, 3.63) is 23.6 Å². The Balaban J connectivity index is 2.83. The first-order valence-corrected chi connectivity index (χ1v) is 6.45. The molecule has 1 aromatic heterocycles. The summed E-state index contributed by atoms with van der Waals surface area (Å²) >= 11 is -1.24. The molecule has 0 bridgehead atoms. The first-order chi connectivity index (χ1) is 7.71. The van der Waals surface area contributed by atoms with E-state index in [0.717, 1.165) is 6.20 Å². The highest BCUT2D eigenvalue weighted by molar-refractivity contribution is 7.90. The van der Waals surface area contributed by atoms with Crippen LogP contribution in [0.25, 0.3) is 0 Å². The van der Waals surface area contributed by atoms with Gasteiger partial charge in [0.1, 0.15) is 16.4 Å². The Kier molecular flexibility index (Phi) is 4.35. The van der Waals surface area contributed by atoms with E-state index in [1.165, 1.54) is 6.07 Å². The molecule has 1 aromatic rings. The van der Waals surface area contributed by atoms with Gasteiger partial charge in [0.25, 0.3) is 0 Å². The second-order valence-corrected chi connectivity index (χ2v) is 6.85. The van der Waals surface area contributed by atoms with Gasteiger partial charge in [-0.25, -0.2) is 9.37 Å². The molecule has 3 N–H and O–H groups in total. The van der Waals surface area contributed by atoms with Gasteiger partial charge in [-0.1, -0.05) is 0 Å². The average molecular weight is 259 g/mol. The first kappa shape index (κ1) is 14.2. The number of nitrogen functional groups attached to an aromatic ring is 1. The zero-order valence-electron chi connectivity index (χ0n) is 10.5. The van der Waals surface area contributed by atoms with Crippen LogP contribution in [0.1, 0.15) is 39.3 Å². The molecule has 0 aliphatic rings. The van der Waals surface area contributed by atoms with Crippen molar-refractivity contribution in [1.29, 1.82) is 0 Å². The molecule has 0 radical (unpaired) electrons. The molecule has 0 aliphatic heterocycles. The largest absolute Gasteiger partial charge is 0.598 e. The van der Waals surface area contributed by atoms with Gasteiger partial charge >= 0.3 is 0 Å². The van der Waals surface area contributed by atoms with E-state index in [1.807, 2.05) is 20.8 Å². The van der Waals surface area contributed by atoms with Gasteiger partial charge < -0.3 is 10.3 Å². The van der Waals surface area contributed by atoms with Crippen molar-refractivity contribution in [1.82, 2.24) is 9.71 Å². The fourth-order valence-electron chi connectivity index (χ4n) is 1.21. The van der Waals surface area contributed by atoms with Crippen molar-refractivity contribution in [3.63, 3.8) is 0 Å². The maximum Gasteiger partial charge on any atom is 0.141 e. The minimum absolute atomic E-state index is 0.248. The predicted octanol–water partition coefficient (Wildman–Crippen LogP) is 1.92. The molecule has 0 fully saturated rings. The summed E-state index contributed by atoms with van der Waals surface area (Å²) in [5.41, 5.74) is 6.17. The molecule has 6 heteroatoms. The van der Waals surface area contributed by atoms with Crippen LogP contribution in [0.3, 0.4) is 0 Å². The molecule has 0 saturated carbocycles. The number of hydrogen-bond acceptors (Lipinski definition) is 4. The van der Waals surface area contributed by atoms with Gasteiger partial charge in [-0.15, -0.1) is 4.72 Å². The lowest BCUT2D eigenvalue weighted by Crippen LogP contribution is -2.40. The van der Waals surface area contributed by atoms with Crippen LogP contribution < -0.4 is 10.5 Å². The summed E-state index contributed by atoms with van der Waals surface area (Å²) in [7, 11) is 0. The monoisotopic (exact) mass is 259 g/mol. The van der Waals surface area contributed by atoms with Crippen LogP contribution in [0.2, 0.25) is 0 Å². The number of nitrogens with zero attached hydrogens (tertiary/aromatic N) is 1. The number of hydrogen-bond donors (Lipinski definition) is 2. The lowest BCUT2D eigenvalue weighted by atomic mass is 10.1. The lowest BCUT2D eigenvalue weighted by Gasteiger charge is -2.26. The maximum absolute atomic E-state index is 13.1. The Morgan fingerprint density at radius 2 is 2.12 bits per heavy atom. The summed E-state index contributed by atoms with van der Waals surface area (Å²) in [5, 5.41) is 0. The van der Waals surface area contributed by atoms with Gasteiger partial charge in [-0.3, -0.25) is 0 Å². The molecule has 4 nitrogen and oxygen atoms in total. The third-order valence-corrected chi connectivity index (χ3v) is 3.90. The number of pyridine rings is 1. The zero-order chi connectivity index (χ0) is 13.2. The third-order valence-electron chi connectivity index (χ3n) is 2.22. The van der Waals surface area contributed by atoms with Crippen molar-refractivity contribution in [2.75, 3.05) is 5.73 Å². The molecule has 0 spiro atoms. The van der Waals surface area contributed by atoms with Crippen LogP contribution in [0.4, 0.5) is 10.2 Å². The van der Waals surface area contributed by atoms with Crippen LogP contribution in [0.5, 0.6) is 0 Å². The molecule has 1 heterocycles. The van der Waals surface area contributed by atoms with Gasteiger partial charge in [0.2, 0.25) is 0 Å². The number of nitrogens with two attached hydrogens (primary N) is 1. The minimum atomic E-state index is -1.24. The smallest absolute Gasteiger partial charge is 0.141 e. The highest BCUT2D eigenvalue weighted by atomic mass is 32.2. The summed E-state index contributed by atoms with van der Waals surface area (Å²) in [5.74, 6) is -0.207. The van der Waals surface area contributed by atoms with Gasteiger partial charge in [0, 0.05) is 16.9 Å². The fourth-order valence-corrected chi connectivity index (χ4v) is 2.01. The quantitative estimate of drug-likeness (QED) is 0.813. The van der Waals surface area contributed by atoms with Crippen molar-refractivity contribution in [2.45, 2.75) is 38.5 Å². The highest BCUT2D eigenvalue weighted by Crippen LogP contribution is 2.22. The molecule has 0 amide bonds. The Bertz CT molecular complexity index is 395. The van der Waals surface area contributed by atoms with Crippen LogP contribution in [0, 0.1) is 5.82 Å². The molecule has 17 heavy (non-hydrogen) atoms. The third kappa shape index (κ3) is 3.83. The second kappa shape index (κ2) is 5.20. The fraction of sp³-hybridized carbons (Fsp3) is 0.545. The number of anilines is 1. The van der Waals surface area contributed by atoms with E-state index in [9.17, 15) is 8.94 Å². The Morgan fingerprint density at radius 1 is 1.53 bits per heavy atom. The molecule has 0 aliphatic carbocycles.